The maximum Gasteiger partial charge on any atom is 0.573 e. The highest BCUT2D eigenvalue weighted by Crippen LogP contribution is 2.25. The van der Waals surface area contributed by atoms with Crippen LogP contribution in [0.5, 0.6) is 5.75 Å². The first-order chi connectivity index (χ1) is 9.74. The molecule has 21 heavy (non-hydrogen) atoms. The molecule has 0 unspecified atom stereocenters. The fourth-order valence-corrected chi connectivity index (χ4v) is 1.58. The highest BCUT2D eigenvalue weighted by atomic mass is 19.4. The Labute approximate surface area is 117 Å². The molecule has 0 radical (unpaired) electrons. The average Bonchev–Trinajstić information content (AvgIpc) is 2.67. The van der Waals surface area contributed by atoms with Crippen LogP contribution >= 0.6 is 0 Å². The van der Waals surface area contributed by atoms with E-state index in [1.807, 2.05) is 0 Å². The van der Waals surface area contributed by atoms with Crippen molar-refractivity contribution in [2.75, 3.05) is 11.5 Å². The molecule has 112 valence electrons. The topological polar surface area (TPSA) is 91.5 Å². The molecule has 1 heterocycles. The van der Waals surface area contributed by atoms with Crippen molar-refractivity contribution in [1.82, 2.24) is 9.66 Å². The van der Waals surface area contributed by atoms with Crippen molar-refractivity contribution >= 4 is 17.9 Å². The fraction of sp³-hybridized carbons (Fsp3) is 0.167. The van der Waals surface area contributed by atoms with E-state index in [0.29, 0.717) is 5.69 Å². The summed E-state index contributed by atoms with van der Waals surface area (Å²) < 4.78 is 41.6. The van der Waals surface area contributed by atoms with Gasteiger partial charge in [0.25, 0.3) is 0 Å². The maximum atomic E-state index is 12.2. The van der Waals surface area contributed by atoms with Gasteiger partial charge in [-0.3, -0.25) is 0 Å². The van der Waals surface area contributed by atoms with E-state index in [0.717, 1.165) is 12.1 Å². The number of hydrogen-bond donors (Lipinski definition) is 2. The van der Waals surface area contributed by atoms with Crippen molar-refractivity contribution in [3.05, 3.63) is 35.7 Å². The number of ether oxygens (including phenoxy) is 1. The van der Waals surface area contributed by atoms with E-state index < -0.39 is 6.36 Å². The van der Waals surface area contributed by atoms with Crippen LogP contribution in [0.4, 0.5) is 24.8 Å². The predicted octanol–water partition coefficient (Wildman–Crippen LogP) is 2.14. The molecule has 6 nitrogen and oxygen atoms in total. The van der Waals surface area contributed by atoms with Crippen LogP contribution in [-0.4, -0.2) is 22.2 Å². The molecule has 9 heteroatoms. The van der Waals surface area contributed by atoms with E-state index in [2.05, 4.69) is 14.8 Å². The largest absolute Gasteiger partial charge is 0.573 e. The Bertz CT molecular complexity index is 678. The SMILES string of the molecule is Cc1cn(N=Cc2cc(OC(F)(F)F)ccc2N)c(N)n1. The first-order valence-electron chi connectivity index (χ1n) is 5.76. The molecule has 0 fully saturated rings. The zero-order valence-electron chi connectivity index (χ0n) is 10.9. The third kappa shape index (κ3) is 3.88. The Morgan fingerprint density at radius 3 is 2.62 bits per heavy atom. The smallest absolute Gasteiger partial charge is 0.406 e. The molecule has 4 N–H and O–H groups in total. The molecule has 0 saturated heterocycles. The lowest BCUT2D eigenvalue weighted by molar-refractivity contribution is -0.274. The van der Waals surface area contributed by atoms with Gasteiger partial charge in [0.1, 0.15) is 5.75 Å². The number of nitrogens with two attached hydrogens (primary N) is 2. The van der Waals surface area contributed by atoms with E-state index in [1.165, 1.54) is 17.0 Å². The Balaban J connectivity index is 2.27. The number of hydrogen-bond acceptors (Lipinski definition) is 5. The first-order valence-corrected chi connectivity index (χ1v) is 5.76. The van der Waals surface area contributed by atoms with Gasteiger partial charge in [-0.2, -0.15) is 5.10 Å². The number of nitrogens with zero attached hydrogens (tertiary/aromatic N) is 3. The minimum atomic E-state index is -4.77. The fourth-order valence-electron chi connectivity index (χ4n) is 1.58. The van der Waals surface area contributed by atoms with E-state index in [4.69, 9.17) is 11.5 Å². The van der Waals surface area contributed by atoms with E-state index in [-0.39, 0.29) is 22.9 Å². The van der Waals surface area contributed by atoms with Gasteiger partial charge < -0.3 is 16.2 Å². The second kappa shape index (κ2) is 5.35. The molecular formula is C12H12F3N5O. The van der Waals surface area contributed by atoms with Crippen LogP contribution < -0.4 is 16.2 Å². The summed E-state index contributed by atoms with van der Waals surface area (Å²) in [6.45, 7) is 1.73. The lowest BCUT2D eigenvalue weighted by Crippen LogP contribution is -2.17. The Morgan fingerprint density at radius 2 is 2.05 bits per heavy atom. The molecule has 2 rings (SSSR count). The Morgan fingerprint density at radius 1 is 1.33 bits per heavy atom. The summed E-state index contributed by atoms with van der Waals surface area (Å²) in [5, 5.41) is 3.98. The molecular weight excluding hydrogens is 287 g/mol. The number of aryl methyl sites for hydroxylation is 1. The zero-order chi connectivity index (χ0) is 15.6. The zero-order valence-corrected chi connectivity index (χ0v) is 10.9. The van der Waals surface area contributed by atoms with Crippen molar-refractivity contribution in [2.24, 2.45) is 5.10 Å². The maximum absolute atomic E-state index is 12.2. The van der Waals surface area contributed by atoms with Crippen molar-refractivity contribution in [3.8, 4) is 5.75 Å². The number of aromatic nitrogens is 2. The lowest BCUT2D eigenvalue weighted by Gasteiger charge is -2.10. The second-order valence-electron chi connectivity index (χ2n) is 4.17. The number of imidazole rings is 1. The third-order valence-electron chi connectivity index (χ3n) is 2.45. The minimum Gasteiger partial charge on any atom is -0.406 e. The summed E-state index contributed by atoms with van der Waals surface area (Å²) in [4.78, 5) is 3.93. The number of anilines is 2. The van der Waals surface area contributed by atoms with Crippen LogP contribution in [0.1, 0.15) is 11.3 Å². The monoisotopic (exact) mass is 299 g/mol. The predicted molar refractivity (Wildman–Crippen MR) is 71.9 cm³/mol. The van der Waals surface area contributed by atoms with Crippen LogP contribution in [0.3, 0.4) is 0 Å². The van der Waals surface area contributed by atoms with E-state index in [1.54, 1.807) is 13.1 Å². The van der Waals surface area contributed by atoms with Gasteiger partial charge in [0, 0.05) is 11.3 Å². The van der Waals surface area contributed by atoms with Crippen molar-refractivity contribution in [3.63, 3.8) is 0 Å². The molecule has 0 spiro atoms. The summed E-state index contributed by atoms with van der Waals surface area (Å²) in [5.41, 5.74) is 12.4. The molecule has 0 aliphatic carbocycles. The number of halogens is 3. The van der Waals surface area contributed by atoms with Crippen LogP contribution in [0.25, 0.3) is 0 Å². The summed E-state index contributed by atoms with van der Waals surface area (Å²) in [5.74, 6) is -0.224. The number of alkyl halides is 3. The van der Waals surface area contributed by atoms with Gasteiger partial charge in [0.15, 0.2) is 0 Å². The molecule has 0 amide bonds. The van der Waals surface area contributed by atoms with Crippen molar-refractivity contribution in [1.29, 1.82) is 0 Å². The van der Waals surface area contributed by atoms with Gasteiger partial charge in [0.2, 0.25) is 5.95 Å². The highest BCUT2D eigenvalue weighted by molar-refractivity contribution is 5.87. The van der Waals surface area contributed by atoms with Gasteiger partial charge in [-0.25, -0.2) is 9.66 Å². The molecule has 1 aromatic heterocycles. The number of nitrogen functional groups attached to an aromatic ring is 2. The molecule has 0 aliphatic heterocycles. The molecule has 1 aromatic carbocycles. The van der Waals surface area contributed by atoms with Gasteiger partial charge in [0.05, 0.1) is 18.1 Å². The number of benzene rings is 1. The van der Waals surface area contributed by atoms with Crippen LogP contribution in [0.15, 0.2) is 29.5 Å². The summed E-state index contributed by atoms with van der Waals surface area (Å²) in [7, 11) is 0. The molecule has 2 aromatic rings. The lowest BCUT2D eigenvalue weighted by atomic mass is 10.2. The van der Waals surface area contributed by atoms with Crippen LogP contribution in [0.2, 0.25) is 0 Å². The van der Waals surface area contributed by atoms with E-state index in [9.17, 15) is 13.2 Å². The quantitative estimate of drug-likeness (QED) is 0.671. The van der Waals surface area contributed by atoms with Crippen LogP contribution in [0, 0.1) is 6.92 Å². The van der Waals surface area contributed by atoms with Gasteiger partial charge in [-0.1, -0.05) is 0 Å². The van der Waals surface area contributed by atoms with Crippen molar-refractivity contribution < 1.29 is 17.9 Å². The molecule has 0 saturated carbocycles. The number of rotatable bonds is 3. The first kappa shape index (κ1) is 14.7. The van der Waals surface area contributed by atoms with Crippen LogP contribution in [-0.2, 0) is 0 Å². The summed E-state index contributed by atoms with van der Waals surface area (Å²) >= 11 is 0. The third-order valence-corrected chi connectivity index (χ3v) is 2.45. The Kier molecular flexibility index (Phi) is 3.74. The summed E-state index contributed by atoms with van der Waals surface area (Å²) in [6.07, 6.45) is -1.93. The Hall–Kier alpha value is -2.71. The average molecular weight is 299 g/mol. The van der Waals surface area contributed by atoms with Gasteiger partial charge >= 0.3 is 6.36 Å². The van der Waals surface area contributed by atoms with Crippen molar-refractivity contribution in [2.45, 2.75) is 13.3 Å². The molecule has 0 atom stereocenters. The molecule has 0 bridgehead atoms. The van der Waals surface area contributed by atoms with E-state index >= 15 is 0 Å². The second-order valence-corrected chi connectivity index (χ2v) is 4.17. The van der Waals surface area contributed by atoms with Gasteiger partial charge in [-0.05, 0) is 25.1 Å². The molecule has 0 aliphatic rings. The standard InChI is InChI=1S/C12H12F3N5O/c1-7-6-20(11(17)19-7)18-5-8-4-9(2-3-10(8)16)21-12(13,14)15/h2-6H,16H2,1H3,(H2,17,19). The minimum absolute atomic E-state index is 0.157. The highest BCUT2D eigenvalue weighted by Gasteiger charge is 2.31. The normalized spacial score (nSPS) is 12.0. The van der Waals surface area contributed by atoms with Gasteiger partial charge in [-0.15, -0.1) is 13.2 Å². The summed E-state index contributed by atoms with van der Waals surface area (Å²) in [6, 6.07) is 3.55.